The van der Waals surface area contributed by atoms with Crippen LogP contribution in [-0.2, 0) is 7.05 Å². The number of aryl methyl sites for hydroxylation is 1. The molecule has 15 heavy (non-hydrogen) atoms. The Labute approximate surface area is 97.4 Å². The predicted octanol–water partition coefficient (Wildman–Crippen LogP) is 3.35. The lowest BCUT2D eigenvalue weighted by Gasteiger charge is -1.96. The van der Waals surface area contributed by atoms with E-state index in [1.165, 1.54) is 5.56 Å². The van der Waals surface area contributed by atoms with Gasteiger partial charge in [0.2, 0.25) is 0 Å². The van der Waals surface area contributed by atoms with Gasteiger partial charge in [-0.25, -0.2) is 4.98 Å². The van der Waals surface area contributed by atoms with Crippen molar-refractivity contribution >= 4 is 28.1 Å². The third-order valence-corrected chi connectivity index (χ3v) is 2.78. The summed E-state index contributed by atoms with van der Waals surface area (Å²) in [7, 11) is 1.97. The molecule has 0 N–H and O–H groups in total. The zero-order valence-electron chi connectivity index (χ0n) is 8.39. The number of rotatable bonds is 2. The van der Waals surface area contributed by atoms with Gasteiger partial charge in [0.15, 0.2) is 0 Å². The van der Waals surface area contributed by atoms with Crippen molar-refractivity contribution in [2.75, 3.05) is 0 Å². The van der Waals surface area contributed by atoms with E-state index in [0.29, 0.717) is 0 Å². The van der Waals surface area contributed by atoms with Crippen LogP contribution in [-0.4, -0.2) is 9.55 Å². The molecule has 3 heteroatoms. The van der Waals surface area contributed by atoms with Crippen LogP contribution in [0.15, 0.2) is 41.3 Å². The molecular weight excluding hydrogens is 252 g/mol. The van der Waals surface area contributed by atoms with Crippen LogP contribution in [0.5, 0.6) is 0 Å². The smallest absolute Gasteiger partial charge is 0.131 e. The van der Waals surface area contributed by atoms with Crippen LogP contribution in [0.2, 0.25) is 0 Å². The maximum atomic E-state index is 4.16. The molecule has 1 heterocycles. The van der Waals surface area contributed by atoms with Crippen molar-refractivity contribution in [1.82, 2.24) is 9.55 Å². The van der Waals surface area contributed by atoms with Crippen molar-refractivity contribution in [3.05, 3.63) is 52.5 Å². The van der Waals surface area contributed by atoms with Crippen molar-refractivity contribution in [2.45, 2.75) is 0 Å². The molecule has 2 nitrogen and oxygen atoms in total. The minimum atomic E-state index is 0.872. The molecule has 0 fully saturated rings. The molecule has 0 atom stereocenters. The Morgan fingerprint density at radius 1 is 1.20 bits per heavy atom. The number of benzene rings is 1. The van der Waals surface area contributed by atoms with E-state index in [2.05, 4.69) is 39.1 Å². The van der Waals surface area contributed by atoms with E-state index in [1.54, 1.807) is 6.33 Å². The highest BCUT2D eigenvalue weighted by atomic mass is 79.9. The first kappa shape index (κ1) is 10.2. The first-order valence-corrected chi connectivity index (χ1v) is 5.46. The Hall–Kier alpha value is -1.35. The number of hydrogen-bond donors (Lipinski definition) is 0. The van der Waals surface area contributed by atoms with Crippen LogP contribution in [0.4, 0.5) is 0 Å². The van der Waals surface area contributed by atoms with Crippen LogP contribution in [0.3, 0.4) is 0 Å². The number of imidazole rings is 1. The predicted molar refractivity (Wildman–Crippen MR) is 66.3 cm³/mol. The second kappa shape index (κ2) is 4.45. The molecular formula is C12H11BrN2. The molecule has 0 saturated heterocycles. The fraction of sp³-hybridized carbons (Fsp3) is 0.0833. The van der Waals surface area contributed by atoms with E-state index in [9.17, 15) is 0 Å². The normalized spacial score (nSPS) is 11.1. The van der Waals surface area contributed by atoms with Crippen molar-refractivity contribution in [3.63, 3.8) is 0 Å². The van der Waals surface area contributed by atoms with Gasteiger partial charge in [-0.05, 0) is 27.6 Å². The summed E-state index contributed by atoms with van der Waals surface area (Å²) >= 11 is 3.41. The largest absolute Gasteiger partial charge is 0.333 e. The highest BCUT2D eigenvalue weighted by molar-refractivity contribution is 9.10. The van der Waals surface area contributed by atoms with Gasteiger partial charge in [0, 0.05) is 7.05 Å². The first-order valence-electron chi connectivity index (χ1n) is 4.67. The molecule has 0 saturated carbocycles. The Bertz CT molecular complexity index is 452. The van der Waals surface area contributed by atoms with Crippen molar-refractivity contribution in [2.24, 2.45) is 7.05 Å². The lowest BCUT2D eigenvalue weighted by Crippen LogP contribution is -1.87. The van der Waals surface area contributed by atoms with E-state index >= 15 is 0 Å². The van der Waals surface area contributed by atoms with Gasteiger partial charge in [-0.15, -0.1) is 0 Å². The molecule has 0 aliphatic carbocycles. The fourth-order valence-corrected chi connectivity index (χ4v) is 1.84. The summed E-state index contributed by atoms with van der Waals surface area (Å²) in [5.41, 5.74) is 2.25. The van der Waals surface area contributed by atoms with Gasteiger partial charge in [0.25, 0.3) is 0 Å². The van der Waals surface area contributed by atoms with E-state index in [4.69, 9.17) is 0 Å². The van der Waals surface area contributed by atoms with Crippen molar-refractivity contribution < 1.29 is 0 Å². The topological polar surface area (TPSA) is 17.8 Å². The molecule has 0 unspecified atom stereocenters. The van der Waals surface area contributed by atoms with Gasteiger partial charge in [0.1, 0.15) is 4.60 Å². The second-order valence-corrected chi connectivity index (χ2v) is 4.03. The van der Waals surface area contributed by atoms with Crippen molar-refractivity contribution in [3.8, 4) is 0 Å². The average Bonchev–Trinajstić information content (AvgIpc) is 2.58. The summed E-state index contributed by atoms with van der Waals surface area (Å²) in [6.45, 7) is 0. The average molecular weight is 263 g/mol. The maximum absolute atomic E-state index is 4.16. The van der Waals surface area contributed by atoms with E-state index in [1.807, 2.05) is 35.9 Å². The lowest BCUT2D eigenvalue weighted by molar-refractivity contribution is 0.902. The van der Waals surface area contributed by atoms with Crippen LogP contribution in [0, 0.1) is 0 Å². The molecule has 1 aromatic heterocycles. The number of hydrogen-bond acceptors (Lipinski definition) is 1. The van der Waals surface area contributed by atoms with E-state index < -0.39 is 0 Å². The second-order valence-electron chi connectivity index (χ2n) is 3.28. The summed E-state index contributed by atoms with van der Waals surface area (Å²) in [4.78, 5) is 4.16. The third kappa shape index (κ3) is 2.36. The highest BCUT2D eigenvalue weighted by Gasteiger charge is 2.00. The Morgan fingerprint density at radius 2 is 1.93 bits per heavy atom. The molecule has 0 spiro atoms. The number of nitrogens with zero attached hydrogens (tertiary/aromatic N) is 2. The quantitative estimate of drug-likeness (QED) is 0.812. The zero-order chi connectivity index (χ0) is 10.7. The Kier molecular flexibility index (Phi) is 3.02. The Morgan fingerprint density at radius 3 is 2.53 bits per heavy atom. The van der Waals surface area contributed by atoms with Gasteiger partial charge in [-0.3, -0.25) is 0 Å². The minimum Gasteiger partial charge on any atom is -0.333 e. The summed E-state index contributed by atoms with van der Waals surface area (Å²) < 4.78 is 2.85. The van der Waals surface area contributed by atoms with E-state index in [-0.39, 0.29) is 0 Å². The molecule has 0 radical (unpaired) electrons. The van der Waals surface area contributed by atoms with Crippen LogP contribution >= 0.6 is 15.9 Å². The molecule has 76 valence electrons. The minimum absolute atomic E-state index is 0.872. The van der Waals surface area contributed by atoms with Gasteiger partial charge in [0.05, 0.1) is 12.0 Å². The molecule has 1 aromatic carbocycles. The summed E-state index contributed by atoms with van der Waals surface area (Å²) in [6, 6.07) is 10.2. The van der Waals surface area contributed by atoms with Crippen LogP contribution in [0.1, 0.15) is 11.3 Å². The zero-order valence-corrected chi connectivity index (χ0v) is 9.98. The fourth-order valence-electron chi connectivity index (χ4n) is 1.34. The monoisotopic (exact) mass is 262 g/mol. The molecule has 2 rings (SSSR count). The number of halogens is 1. The summed E-state index contributed by atoms with van der Waals surface area (Å²) in [5, 5.41) is 0. The van der Waals surface area contributed by atoms with Gasteiger partial charge >= 0.3 is 0 Å². The molecule has 0 bridgehead atoms. The molecule has 0 aliphatic rings. The molecule has 0 amide bonds. The third-order valence-electron chi connectivity index (χ3n) is 2.17. The van der Waals surface area contributed by atoms with Gasteiger partial charge in [-0.1, -0.05) is 36.4 Å². The SMILES string of the molecule is Cn1cnc(Br)c1/C=C/c1ccccc1. The van der Waals surface area contributed by atoms with Crippen LogP contribution in [0.25, 0.3) is 12.2 Å². The van der Waals surface area contributed by atoms with E-state index in [0.717, 1.165) is 10.3 Å². The maximum Gasteiger partial charge on any atom is 0.131 e. The number of aromatic nitrogens is 2. The molecule has 2 aromatic rings. The van der Waals surface area contributed by atoms with Crippen molar-refractivity contribution in [1.29, 1.82) is 0 Å². The Balaban J connectivity index is 2.26. The van der Waals surface area contributed by atoms with Gasteiger partial charge in [-0.2, -0.15) is 0 Å². The lowest BCUT2D eigenvalue weighted by atomic mass is 10.2. The summed E-state index contributed by atoms with van der Waals surface area (Å²) in [6.07, 6.45) is 5.91. The summed E-state index contributed by atoms with van der Waals surface area (Å²) in [5.74, 6) is 0. The highest BCUT2D eigenvalue weighted by Crippen LogP contribution is 2.16. The van der Waals surface area contributed by atoms with Gasteiger partial charge < -0.3 is 4.57 Å². The first-order chi connectivity index (χ1) is 7.27. The molecule has 0 aliphatic heterocycles. The standard InChI is InChI=1S/C12H11BrN2/c1-15-9-14-12(13)11(15)8-7-10-5-3-2-4-6-10/h2-9H,1H3/b8-7+. The van der Waals surface area contributed by atoms with Crippen LogP contribution < -0.4 is 0 Å².